The zero-order chi connectivity index (χ0) is 21.9. The van der Waals surface area contributed by atoms with Gasteiger partial charge in [0.25, 0.3) is 11.8 Å². The molecule has 0 aromatic heterocycles. The van der Waals surface area contributed by atoms with E-state index in [9.17, 15) is 9.59 Å². The predicted molar refractivity (Wildman–Crippen MR) is 126 cm³/mol. The number of hydrogen-bond acceptors (Lipinski definition) is 5. The molecular weight excluding hydrogens is 538 g/mol. The third-order valence-electron chi connectivity index (χ3n) is 3.68. The number of amides is 2. The second kappa shape index (κ2) is 12.5. The Labute approximate surface area is 197 Å². The number of ether oxygens (including phenoxy) is 2. The molecule has 2 amide bonds. The number of thiocarbonyl (C=S) groups is 1. The van der Waals surface area contributed by atoms with Crippen LogP contribution in [0.15, 0.2) is 51.4 Å². The summed E-state index contributed by atoms with van der Waals surface area (Å²) in [5.74, 6) is 0.351. The molecule has 0 spiro atoms. The molecule has 0 heterocycles. The molecule has 3 N–H and O–H groups in total. The van der Waals surface area contributed by atoms with Crippen LogP contribution in [-0.2, 0) is 4.79 Å². The maximum atomic E-state index is 12.2. The zero-order valence-electron chi connectivity index (χ0n) is 16.2. The fraction of sp³-hybridized carbons (Fsp3) is 0.250. The topological polar surface area (TPSA) is 88.7 Å². The van der Waals surface area contributed by atoms with E-state index in [2.05, 4.69) is 55.0 Å². The summed E-state index contributed by atoms with van der Waals surface area (Å²) in [6.07, 6.45) is 2.02. The van der Waals surface area contributed by atoms with Gasteiger partial charge in [-0.05, 0) is 77.0 Å². The summed E-state index contributed by atoms with van der Waals surface area (Å²) >= 11 is 11.7. The lowest BCUT2D eigenvalue weighted by molar-refractivity contribution is -0.123. The van der Waals surface area contributed by atoms with Crippen LogP contribution in [0.4, 0.5) is 0 Å². The molecule has 0 bridgehead atoms. The first-order chi connectivity index (χ1) is 14.4. The molecule has 7 nitrogen and oxygen atoms in total. The van der Waals surface area contributed by atoms with Gasteiger partial charge in [0.05, 0.1) is 11.1 Å². The lowest BCUT2D eigenvalue weighted by atomic mass is 10.2. The predicted octanol–water partition coefficient (Wildman–Crippen LogP) is 4.11. The third-order valence-corrected chi connectivity index (χ3v) is 5.00. The SMILES string of the molecule is CCCCOc1ccc(C(=O)NC(=S)NNC(=O)COc2ccc(Br)cc2Br)cc1. The number of rotatable bonds is 8. The summed E-state index contributed by atoms with van der Waals surface area (Å²) in [5.41, 5.74) is 5.24. The lowest BCUT2D eigenvalue weighted by Gasteiger charge is -2.12. The number of nitrogens with one attached hydrogen (secondary N) is 3. The van der Waals surface area contributed by atoms with Crippen molar-refractivity contribution in [3.63, 3.8) is 0 Å². The molecule has 30 heavy (non-hydrogen) atoms. The average Bonchev–Trinajstić information content (AvgIpc) is 2.72. The lowest BCUT2D eigenvalue weighted by Crippen LogP contribution is -2.49. The van der Waals surface area contributed by atoms with Crippen molar-refractivity contribution in [3.8, 4) is 11.5 Å². The molecule has 0 saturated carbocycles. The quantitative estimate of drug-likeness (QED) is 0.257. The van der Waals surface area contributed by atoms with E-state index in [-0.39, 0.29) is 11.7 Å². The first-order valence-corrected chi connectivity index (χ1v) is 11.1. The first-order valence-electron chi connectivity index (χ1n) is 9.10. The first kappa shape index (κ1) is 24.1. The summed E-state index contributed by atoms with van der Waals surface area (Å²) in [6, 6.07) is 12.1. The van der Waals surface area contributed by atoms with Crippen LogP contribution in [-0.4, -0.2) is 30.1 Å². The van der Waals surface area contributed by atoms with Crippen molar-refractivity contribution in [1.29, 1.82) is 0 Å². The molecule has 0 aliphatic carbocycles. The van der Waals surface area contributed by atoms with Crippen LogP contribution < -0.4 is 25.6 Å². The molecule has 0 fully saturated rings. The second-order valence-corrected chi connectivity index (χ2v) is 8.22. The molecule has 0 unspecified atom stereocenters. The molecular formula is C20H21Br2N3O4S. The Hall–Kier alpha value is -2.17. The number of hydrazine groups is 1. The maximum absolute atomic E-state index is 12.2. The summed E-state index contributed by atoms with van der Waals surface area (Å²) in [5, 5.41) is 2.44. The monoisotopic (exact) mass is 557 g/mol. The number of benzene rings is 2. The number of carbonyl (C=O) groups excluding carboxylic acids is 2. The van der Waals surface area contributed by atoms with Crippen molar-refractivity contribution >= 4 is 61.0 Å². The van der Waals surface area contributed by atoms with Gasteiger partial charge in [0.15, 0.2) is 11.7 Å². The number of halogens is 2. The zero-order valence-corrected chi connectivity index (χ0v) is 20.2. The fourth-order valence-corrected chi connectivity index (χ4v) is 3.45. The normalized spacial score (nSPS) is 10.1. The van der Waals surface area contributed by atoms with E-state index in [1.807, 2.05) is 0 Å². The van der Waals surface area contributed by atoms with Crippen LogP contribution in [0.1, 0.15) is 30.1 Å². The fourth-order valence-electron chi connectivity index (χ4n) is 2.14. The van der Waals surface area contributed by atoms with Crippen molar-refractivity contribution < 1.29 is 19.1 Å². The van der Waals surface area contributed by atoms with Crippen LogP contribution in [0.25, 0.3) is 0 Å². The standard InChI is InChI=1S/C20H21Br2N3O4S/c1-2-3-10-28-15-7-4-13(5-8-15)19(27)23-20(30)25-24-18(26)12-29-17-9-6-14(21)11-16(17)22/h4-9,11H,2-3,10,12H2,1H3,(H,24,26)(H2,23,25,27,30). The Bertz CT molecular complexity index is 894. The molecule has 2 rings (SSSR count). The molecule has 0 aliphatic rings. The van der Waals surface area contributed by atoms with Crippen molar-refractivity contribution in [1.82, 2.24) is 16.2 Å². The minimum absolute atomic E-state index is 0.0403. The Kier molecular flexibility index (Phi) is 10.0. The van der Waals surface area contributed by atoms with Crippen LogP contribution >= 0.6 is 44.1 Å². The molecule has 0 atom stereocenters. The van der Waals surface area contributed by atoms with Gasteiger partial charge in [-0.25, -0.2) is 0 Å². The second-order valence-electron chi connectivity index (χ2n) is 6.05. The van der Waals surface area contributed by atoms with E-state index in [0.29, 0.717) is 28.1 Å². The van der Waals surface area contributed by atoms with Crippen molar-refractivity contribution in [2.45, 2.75) is 19.8 Å². The van der Waals surface area contributed by atoms with Gasteiger partial charge >= 0.3 is 0 Å². The molecule has 2 aromatic rings. The molecule has 0 saturated heterocycles. The van der Waals surface area contributed by atoms with E-state index in [0.717, 1.165) is 17.3 Å². The summed E-state index contributed by atoms with van der Waals surface area (Å²) in [4.78, 5) is 24.1. The van der Waals surface area contributed by atoms with Gasteiger partial charge in [-0.2, -0.15) is 0 Å². The minimum Gasteiger partial charge on any atom is -0.494 e. The Morgan fingerprint density at radius 1 is 1.03 bits per heavy atom. The molecule has 160 valence electrons. The number of hydrogen-bond donors (Lipinski definition) is 3. The third kappa shape index (κ3) is 8.29. The number of unbranched alkanes of at least 4 members (excludes halogenated alkanes) is 1. The Morgan fingerprint density at radius 2 is 1.77 bits per heavy atom. The highest BCUT2D eigenvalue weighted by Gasteiger charge is 2.10. The molecule has 0 aliphatic heterocycles. The van der Waals surface area contributed by atoms with Crippen molar-refractivity contribution in [2.24, 2.45) is 0 Å². The van der Waals surface area contributed by atoms with Gasteiger partial charge in [-0.1, -0.05) is 29.3 Å². The highest BCUT2D eigenvalue weighted by atomic mass is 79.9. The average molecular weight is 559 g/mol. The van der Waals surface area contributed by atoms with Gasteiger partial charge in [0.2, 0.25) is 0 Å². The Balaban J connectivity index is 1.72. The maximum Gasteiger partial charge on any atom is 0.276 e. The van der Waals surface area contributed by atoms with Gasteiger partial charge in [0, 0.05) is 10.0 Å². The van der Waals surface area contributed by atoms with Gasteiger partial charge in [-0.15, -0.1) is 0 Å². The molecule has 10 heteroatoms. The van der Waals surface area contributed by atoms with Gasteiger partial charge in [-0.3, -0.25) is 25.8 Å². The van der Waals surface area contributed by atoms with Crippen LogP contribution in [0.5, 0.6) is 11.5 Å². The summed E-state index contributed by atoms with van der Waals surface area (Å²) < 4.78 is 12.6. The van der Waals surface area contributed by atoms with E-state index in [4.69, 9.17) is 21.7 Å². The van der Waals surface area contributed by atoms with Gasteiger partial charge < -0.3 is 9.47 Å². The highest BCUT2D eigenvalue weighted by molar-refractivity contribution is 9.11. The van der Waals surface area contributed by atoms with Gasteiger partial charge in [0.1, 0.15) is 11.5 Å². The Morgan fingerprint density at radius 3 is 2.43 bits per heavy atom. The minimum atomic E-state index is -0.463. The van der Waals surface area contributed by atoms with Crippen molar-refractivity contribution in [2.75, 3.05) is 13.2 Å². The van der Waals surface area contributed by atoms with Crippen LogP contribution in [0.3, 0.4) is 0 Å². The van der Waals surface area contributed by atoms with Crippen LogP contribution in [0, 0.1) is 0 Å². The summed E-state index contributed by atoms with van der Waals surface area (Å²) in [7, 11) is 0. The molecule has 2 aromatic carbocycles. The van der Waals surface area contributed by atoms with Crippen LogP contribution in [0.2, 0.25) is 0 Å². The van der Waals surface area contributed by atoms with E-state index in [1.54, 1.807) is 42.5 Å². The largest absolute Gasteiger partial charge is 0.494 e. The smallest absolute Gasteiger partial charge is 0.276 e. The van der Waals surface area contributed by atoms with E-state index < -0.39 is 11.8 Å². The van der Waals surface area contributed by atoms with E-state index >= 15 is 0 Å². The highest BCUT2D eigenvalue weighted by Crippen LogP contribution is 2.28. The summed E-state index contributed by atoms with van der Waals surface area (Å²) in [6.45, 7) is 2.49. The van der Waals surface area contributed by atoms with E-state index in [1.165, 1.54) is 0 Å². The number of carbonyl (C=O) groups is 2. The van der Waals surface area contributed by atoms with Crippen molar-refractivity contribution in [3.05, 3.63) is 57.0 Å². The molecule has 0 radical (unpaired) electrons.